The maximum Gasteiger partial charge on any atom is 0.475 e. The first-order valence-electron chi connectivity index (χ1n) is 10.5. The molecule has 0 bridgehead atoms. The number of nitrogens with zero attached hydrogens (tertiary/aromatic N) is 1. The van der Waals surface area contributed by atoms with Gasteiger partial charge in [-0.15, -0.1) is 0 Å². The second-order valence-corrected chi connectivity index (χ2v) is 8.40. The summed E-state index contributed by atoms with van der Waals surface area (Å²) in [4.78, 5) is 25.1. The lowest BCUT2D eigenvalue weighted by atomic mass is 9.74. The third kappa shape index (κ3) is 5.30. The number of hydrogen-bond donors (Lipinski definition) is 4. The molecule has 1 fully saturated rings. The Hall–Kier alpha value is -2.75. The second-order valence-electron chi connectivity index (χ2n) is 8.40. The Balaban J connectivity index is 1.98. The molecule has 2 aromatic carbocycles. The molecule has 0 unspecified atom stereocenters. The van der Waals surface area contributed by atoms with Gasteiger partial charge in [-0.25, -0.2) is 0 Å². The lowest BCUT2D eigenvalue weighted by Crippen LogP contribution is -2.53. The Morgan fingerprint density at radius 2 is 1.65 bits per heavy atom. The van der Waals surface area contributed by atoms with E-state index in [9.17, 15) is 25.0 Å². The molecule has 0 radical (unpaired) electrons. The number of carbonyl (C=O) groups is 1. The molecule has 1 heterocycles. The minimum Gasteiger partial charge on any atom is -0.426 e. The van der Waals surface area contributed by atoms with E-state index in [2.05, 4.69) is 10.6 Å². The van der Waals surface area contributed by atoms with E-state index in [1.54, 1.807) is 48.5 Å². The molecule has 1 saturated heterocycles. The summed E-state index contributed by atoms with van der Waals surface area (Å²) in [6.45, 7) is 3.83. The van der Waals surface area contributed by atoms with Gasteiger partial charge in [-0.3, -0.25) is 20.2 Å². The van der Waals surface area contributed by atoms with Crippen LogP contribution in [0, 0.1) is 16.0 Å². The van der Waals surface area contributed by atoms with Crippen molar-refractivity contribution in [3.8, 4) is 0 Å². The Bertz CT molecular complexity index is 881. The van der Waals surface area contributed by atoms with Gasteiger partial charge in [0, 0.05) is 4.92 Å². The third-order valence-corrected chi connectivity index (χ3v) is 5.71. The summed E-state index contributed by atoms with van der Waals surface area (Å²) >= 11 is 0. The molecule has 0 aliphatic carbocycles. The summed E-state index contributed by atoms with van der Waals surface area (Å²) in [7, 11) is -1.72. The highest BCUT2D eigenvalue weighted by molar-refractivity contribution is 6.43. The number of rotatable bonds is 8. The summed E-state index contributed by atoms with van der Waals surface area (Å²) in [5, 5.41) is 37.5. The van der Waals surface area contributed by atoms with E-state index in [1.165, 1.54) is 0 Å². The summed E-state index contributed by atoms with van der Waals surface area (Å²) in [6.07, 6.45) is 0.368. The molecule has 0 spiro atoms. The molecule has 4 N–H and O–H groups in total. The minimum atomic E-state index is -1.72. The van der Waals surface area contributed by atoms with Gasteiger partial charge in [-0.2, -0.15) is 0 Å². The fourth-order valence-corrected chi connectivity index (χ4v) is 4.35. The zero-order valence-corrected chi connectivity index (χ0v) is 17.6. The number of nitro groups is 1. The average molecular weight is 425 g/mol. The lowest BCUT2D eigenvalue weighted by Gasteiger charge is -2.24. The van der Waals surface area contributed by atoms with Crippen molar-refractivity contribution in [2.75, 3.05) is 0 Å². The van der Waals surface area contributed by atoms with Crippen molar-refractivity contribution < 1.29 is 19.8 Å². The summed E-state index contributed by atoms with van der Waals surface area (Å²) in [5.74, 6) is -1.96. The lowest BCUT2D eigenvalue weighted by molar-refractivity contribution is -0.527. The highest BCUT2D eigenvalue weighted by atomic mass is 16.6. The summed E-state index contributed by atoms with van der Waals surface area (Å²) < 4.78 is 0. The van der Waals surface area contributed by atoms with Crippen LogP contribution in [0.25, 0.3) is 0 Å². The molecule has 5 atom stereocenters. The Kier molecular flexibility index (Phi) is 7.43. The predicted octanol–water partition coefficient (Wildman–Crippen LogP) is 1.67. The van der Waals surface area contributed by atoms with Crippen LogP contribution in [0.15, 0.2) is 60.7 Å². The van der Waals surface area contributed by atoms with Crippen molar-refractivity contribution in [3.63, 3.8) is 0 Å². The van der Waals surface area contributed by atoms with Crippen molar-refractivity contribution in [2.24, 2.45) is 5.92 Å². The third-order valence-electron chi connectivity index (χ3n) is 5.71. The van der Waals surface area contributed by atoms with E-state index in [0.717, 1.165) is 5.56 Å². The van der Waals surface area contributed by atoms with Gasteiger partial charge in [-0.1, -0.05) is 74.5 Å². The topological polar surface area (TPSA) is 125 Å². The molecule has 164 valence electrons. The molecule has 0 saturated carbocycles. The van der Waals surface area contributed by atoms with Crippen LogP contribution in [-0.4, -0.2) is 46.0 Å². The number of carbonyl (C=O) groups excluding carboxylic acids is 1. The van der Waals surface area contributed by atoms with Crippen LogP contribution in [0.1, 0.15) is 43.4 Å². The molecule has 1 aliphatic heterocycles. The zero-order valence-electron chi connectivity index (χ0n) is 17.6. The van der Waals surface area contributed by atoms with Crippen molar-refractivity contribution in [1.29, 1.82) is 0 Å². The maximum absolute atomic E-state index is 13.3. The van der Waals surface area contributed by atoms with E-state index in [4.69, 9.17) is 0 Å². The van der Waals surface area contributed by atoms with Crippen molar-refractivity contribution in [3.05, 3.63) is 81.9 Å². The van der Waals surface area contributed by atoms with Crippen LogP contribution in [-0.2, 0) is 4.79 Å². The average Bonchev–Trinajstić information content (AvgIpc) is 3.15. The van der Waals surface area contributed by atoms with E-state index >= 15 is 0 Å². The standard InChI is InChI=1S/C22H28BN3O5/c1-14(2)13-17(23(28)29)24-22(27)20-18(15-9-5-3-6-10-15)21(26(30)31)19(25-20)16-11-7-4-8-12-16/h3-12,14,17-21,25,28-29H,13H2,1-2H3,(H,24,27)/t17-,18-,19-,20-,21+/m0/s1. The first kappa shape index (κ1) is 22.9. The smallest absolute Gasteiger partial charge is 0.426 e. The van der Waals surface area contributed by atoms with Gasteiger partial charge in [0.15, 0.2) is 0 Å². The molecule has 0 aromatic heterocycles. The minimum absolute atomic E-state index is 0.122. The van der Waals surface area contributed by atoms with Gasteiger partial charge in [0.05, 0.1) is 11.9 Å². The molecule has 3 rings (SSSR count). The first-order valence-corrected chi connectivity index (χ1v) is 10.5. The van der Waals surface area contributed by atoms with E-state index in [0.29, 0.717) is 12.0 Å². The highest BCUT2D eigenvalue weighted by Gasteiger charge is 2.54. The Morgan fingerprint density at radius 3 is 2.13 bits per heavy atom. The fraction of sp³-hybridized carbons (Fsp3) is 0.409. The second kappa shape index (κ2) is 10.0. The van der Waals surface area contributed by atoms with Crippen LogP contribution < -0.4 is 10.6 Å². The number of benzene rings is 2. The van der Waals surface area contributed by atoms with Crippen LogP contribution in [0.3, 0.4) is 0 Å². The van der Waals surface area contributed by atoms with Gasteiger partial charge in [-0.05, 0) is 23.5 Å². The van der Waals surface area contributed by atoms with Crippen molar-refractivity contribution in [2.45, 2.75) is 50.3 Å². The van der Waals surface area contributed by atoms with Gasteiger partial charge >= 0.3 is 7.12 Å². The molecule has 2 aromatic rings. The molecular weight excluding hydrogens is 397 g/mol. The van der Waals surface area contributed by atoms with Crippen LogP contribution >= 0.6 is 0 Å². The van der Waals surface area contributed by atoms with E-state index in [1.807, 2.05) is 26.0 Å². The zero-order chi connectivity index (χ0) is 22.5. The molecule has 9 heteroatoms. The monoisotopic (exact) mass is 425 g/mol. The number of nitrogens with one attached hydrogen (secondary N) is 2. The summed E-state index contributed by atoms with van der Waals surface area (Å²) in [6, 6.07) is 15.4. The quantitative estimate of drug-likeness (QED) is 0.290. The molecule has 1 amide bonds. The van der Waals surface area contributed by atoms with E-state index < -0.39 is 43.0 Å². The van der Waals surface area contributed by atoms with Crippen LogP contribution in [0.4, 0.5) is 0 Å². The molecule has 31 heavy (non-hydrogen) atoms. The van der Waals surface area contributed by atoms with Crippen LogP contribution in [0.5, 0.6) is 0 Å². The fourth-order valence-electron chi connectivity index (χ4n) is 4.35. The normalized spacial score (nSPS) is 24.0. The van der Waals surface area contributed by atoms with Crippen molar-refractivity contribution >= 4 is 13.0 Å². The largest absolute Gasteiger partial charge is 0.475 e. The van der Waals surface area contributed by atoms with Gasteiger partial charge in [0.25, 0.3) is 0 Å². The molecule has 1 aliphatic rings. The van der Waals surface area contributed by atoms with Crippen molar-refractivity contribution in [1.82, 2.24) is 10.6 Å². The number of amides is 1. The predicted molar refractivity (Wildman–Crippen MR) is 118 cm³/mol. The Labute approximate surface area is 182 Å². The Morgan fingerprint density at radius 1 is 1.10 bits per heavy atom. The first-order chi connectivity index (χ1) is 14.8. The van der Waals surface area contributed by atoms with Gasteiger partial charge in [0.1, 0.15) is 12.1 Å². The SMILES string of the molecule is CC(C)C[C@H](NC(=O)[C@H]1N[C@@H](c2ccccc2)[C@H]([N+](=O)[O-])[C@H]1c1ccccc1)B(O)O. The van der Waals surface area contributed by atoms with Gasteiger partial charge in [0.2, 0.25) is 11.9 Å². The maximum atomic E-state index is 13.3. The highest BCUT2D eigenvalue weighted by Crippen LogP contribution is 2.40. The van der Waals surface area contributed by atoms with Gasteiger partial charge < -0.3 is 15.4 Å². The number of hydrogen-bond acceptors (Lipinski definition) is 6. The van der Waals surface area contributed by atoms with E-state index in [-0.39, 0.29) is 10.8 Å². The van der Waals surface area contributed by atoms with Crippen LogP contribution in [0.2, 0.25) is 0 Å². The molecule has 8 nitrogen and oxygen atoms in total. The summed E-state index contributed by atoms with van der Waals surface area (Å²) in [5.41, 5.74) is 1.40. The molecular formula is C22H28BN3O5.